The van der Waals surface area contributed by atoms with Crippen molar-refractivity contribution in [3.8, 4) is 0 Å². The molecule has 1 aromatic heterocycles. The van der Waals surface area contributed by atoms with Crippen molar-refractivity contribution in [3.05, 3.63) is 59.1 Å². The molecule has 0 atom stereocenters. The molecule has 0 aliphatic heterocycles. The molecule has 0 unspecified atom stereocenters. The number of aliphatic carboxylic acids is 1. The van der Waals surface area contributed by atoms with Crippen molar-refractivity contribution in [2.24, 2.45) is 0 Å². The number of carboxylic acids is 1. The summed E-state index contributed by atoms with van der Waals surface area (Å²) < 4.78 is 31.6. The Labute approximate surface area is 137 Å². The molecule has 0 fully saturated rings. The Balaban J connectivity index is 2.24. The molecule has 7 heteroatoms. The minimum absolute atomic E-state index is 0.0301. The molecule has 1 N–H and O–H groups in total. The molecule has 0 aliphatic carbocycles. The number of nitrogens with zero attached hydrogens (tertiary/aromatic N) is 1. The minimum Gasteiger partial charge on any atom is -0.481 e. The fraction of sp³-hybridized carbons (Fsp3) is 0.294. The molecule has 0 bridgehead atoms. The molecule has 0 spiro atoms. The number of furan rings is 1. The molecule has 0 aliphatic rings. The van der Waals surface area contributed by atoms with Crippen LogP contribution in [0.2, 0.25) is 0 Å². The summed E-state index contributed by atoms with van der Waals surface area (Å²) >= 11 is 0. The number of carbonyl (C=O) groups excluding carboxylic acids is 1. The molecule has 0 saturated carbocycles. The van der Waals surface area contributed by atoms with Gasteiger partial charge in [0.15, 0.2) is 11.6 Å². The van der Waals surface area contributed by atoms with Crippen LogP contribution in [0.1, 0.15) is 35.0 Å². The second-order valence-corrected chi connectivity index (χ2v) is 5.23. The van der Waals surface area contributed by atoms with Gasteiger partial charge in [0, 0.05) is 19.5 Å². The predicted octanol–water partition coefficient (Wildman–Crippen LogP) is 3.24. The largest absolute Gasteiger partial charge is 0.481 e. The van der Waals surface area contributed by atoms with E-state index in [4.69, 9.17) is 9.52 Å². The van der Waals surface area contributed by atoms with Crippen LogP contribution in [0.5, 0.6) is 0 Å². The zero-order valence-electron chi connectivity index (χ0n) is 13.1. The summed E-state index contributed by atoms with van der Waals surface area (Å²) in [5.74, 6) is -2.97. The number of aryl methyl sites for hydroxylation is 1. The smallest absolute Gasteiger partial charge is 0.305 e. The first kappa shape index (κ1) is 17.7. The third-order valence-corrected chi connectivity index (χ3v) is 3.54. The van der Waals surface area contributed by atoms with Gasteiger partial charge in [-0.3, -0.25) is 9.59 Å². The second kappa shape index (κ2) is 7.72. The minimum atomic E-state index is -1.05. The van der Waals surface area contributed by atoms with Crippen molar-refractivity contribution >= 4 is 11.9 Å². The molecule has 2 rings (SSSR count). The molecule has 0 radical (unpaired) electrons. The van der Waals surface area contributed by atoms with Gasteiger partial charge in [0.05, 0.1) is 18.2 Å². The number of carboxylic acid groups (broad SMARTS) is 1. The van der Waals surface area contributed by atoms with Crippen LogP contribution >= 0.6 is 0 Å². The van der Waals surface area contributed by atoms with Crippen LogP contribution < -0.4 is 0 Å². The maximum atomic E-state index is 13.3. The van der Waals surface area contributed by atoms with E-state index in [2.05, 4.69) is 0 Å². The molecular weight excluding hydrogens is 320 g/mol. The fourth-order valence-electron chi connectivity index (χ4n) is 2.32. The SMILES string of the molecule is CCc1occc1C(=O)N(CCC(=O)O)Cc1ccc(F)c(F)c1. The number of benzene rings is 1. The van der Waals surface area contributed by atoms with E-state index in [0.717, 1.165) is 12.1 Å². The molecule has 1 aromatic carbocycles. The molecular formula is C17H17F2NO4. The number of hydrogen-bond acceptors (Lipinski definition) is 3. The molecule has 1 amide bonds. The Morgan fingerprint density at radius 1 is 1.21 bits per heavy atom. The summed E-state index contributed by atoms with van der Waals surface area (Å²) in [4.78, 5) is 24.8. The lowest BCUT2D eigenvalue weighted by Gasteiger charge is -2.22. The lowest BCUT2D eigenvalue weighted by atomic mass is 10.1. The van der Waals surface area contributed by atoms with Crippen molar-refractivity contribution in [2.45, 2.75) is 26.3 Å². The summed E-state index contributed by atoms with van der Waals surface area (Å²) in [6.45, 7) is 1.74. The van der Waals surface area contributed by atoms with Crippen molar-refractivity contribution in [1.82, 2.24) is 4.90 Å². The Morgan fingerprint density at radius 3 is 2.58 bits per heavy atom. The Bertz CT molecular complexity index is 742. The lowest BCUT2D eigenvalue weighted by molar-refractivity contribution is -0.137. The van der Waals surface area contributed by atoms with Gasteiger partial charge < -0.3 is 14.4 Å². The maximum Gasteiger partial charge on any atom is 0.305 e. The van der Waals surface area contributed by atoms with Gasteiger partial charge in [-0.2, -0.15) is 0 Å². The highest BCUT2D eigenvalue weighted by Crippen LogP contribution is 2.17. The van der Waals surface area contributed by atoms with Crippen LogP contribution in [0.4, 0.5) is 8.78 Å². The molecule has 24 heavy (non-hydrogen) atoms. The standard InChI is InChI=1S/C17H17F2NO4/c1-2-15-12(6-8-24-15)17(23)20(7-5-16(21)22)10-11-3-4-13(18)14(19)9-11/h3-4,6,8-9H,2,5,7,10H2,1H3,(H,21,22). The van der Waals surface area contributed by atoms with Crippen molar-refractivity contribution in [2.75, 3.05) is 6.54 Å². The molecule has 128 valence electrons. The number of hydrogen-bond donors (Lipinski definition) is 1. The highest BCUT2D eigenvalue weighted by Gasteiger charge is 2.21. The fourth-order valence-corrected chi connectivity index (χ4v) is 2.32. The molecule has 2 aromatic rings. The summed E-state index contributed by atoms with van der Waals surface area (Å²) in [7, 11) is 0. The quantitative estimate of drug-likeness (QED) is 0.842. The van der Waals surface area contributed by atoms with E-state index in [9.17, 15) is 18.4 Å². The number of halogens is 2. The first-order valence-corrected chi connectivity index (χ1v) is 7.43. The zero-order valence-corrected chi connectivity index (χ0v) is 13.1. The monoisotopic (exact) mass is 337 g/mol. The van der Waals surface area contributed by atoms with Crippen LogP contribution in [0, 0.1) is 11.6 Å². The Kier molecular flexibility index (Phi) is 5.68. The number of rotatable bonds is 7. The van der Waals surface area contributed by atoms with Crippen LogP contribution in [0.3, 0.4) is 0 Å². The highest BCUT2D eigenvalue weighted by atomic mass is 19.2. The van der Waals surface area contributed by atoms with Crippen LogP contribution in [-0.4, -0.2) is 28.4 Å². The van der Waals surface area contributed by atoms with E-state index in [1.807, 2.05) is 6.92 Å². The summed E-state index contributed by atoms with van der Waals surface area (Å²) in [6.07, 6.45) is 1.64. The van der Waals surface area contributed by atoms with Gasteiger partial charge in [0.1, 0.15) is 5.76 Å². The summed E-state index contributed by atoms with van der Waals surface area (Å²) in [6, 6.07) is 4.84. The highest BCUT2D eigenvalue weighted by molar-refractivity contribution is 5.95. The van der Waals surface area contributed by atoms with Gasteiger partial charge in [0.25, 0.3) is 5.91 Å². The van der Waals surface area contributed by atoms with Crippen molar-refractivity contribution < 1.29 is 27.9 Å². The van der Waals surface area contributed by atoms with Gasteiger partial charge in [0.2, 0.25) is 0 Å². The van der Waals surface area contributed by atoms with Gasteiger partial charge in [-0.15, -0.1) is 0 Å². The first-order chi connectivity index (χ1) is 11.4. The van der Waals surface area contributed by atoms with Gasteiger partial charge in [-0.1, -0.05) is 13.0 Å². The van der Waals surface area contributed by atoms with E-state index < -0.39 is 23.5 Å². The Morgan fingerprint density at radius 2 is 1.96 bits per heavy atom. The van der Waals surface area contributed by atoms with Crippen molar-refractivity contribution in [3.63, 3.8) is 0 Å². The average Bonchev–Trinajstić information content (AvgIpc) is 3.02. The summed E-state index contributed by atoms with van der Waals surface area (Å²) in [5, 5.41) is 8.86. The molecule has 5 nitrogen and oxygen atoms in total. The second-order valence-electron chi connectivity index (χ2n) is 5.23. The zero-order chi connectivity index (χ0) is 17.7. The molecule has 0 saturated heterocycles. The van der Waals surface area contributed by atoms with Gasteiger partial charge in [-0.25, -0.2) is 8.78 Å². The van der Waals surface area contributed by atoms with Crippen LogP contribution in [-0.2, 0) is 17.8 Å². The molecule has 1 heterocycles. The van der Waals surface area contributed by atoms with Gasteiger partial charge >= 0.3 is 5.97 Å². The van der Waals surface area contributed by atoms with Crippen molar-refractivity contribution in [1.29, 1.82) is 0 Å². The van der Waals surface area contributed by atoms with E-state index in [0.29, 0.717) is 23.3 Å². The third-order valence-electron chi connectivity index (χ3n) is 3.54. The summed E-state index contributed by atoms with van der Waals surface area (Å²) in [5.41, 5.74) is 0.708. The van der Waals surface area contributed by atoms with E-state index >= 15 is 0 Å². The van der Waals surface area contributed by atoms with Crippen LogP contribution in [0.15, 0.2) is 34.9 Å². The maximum absolute atomic E-state index is 13.3. The third kappa shape index (κ3) is 4.18. The first-order valence-electron chi connectivity index (χ1n) is 7.43. The van der Waals surface area contributed by atoms with E-state index in [-0.39, 0.29) is 19.5 Å². The normalized spacial score (nSPS) is 10.6. The number of amides is 1. The van der Waals surface area contributed by atoms with E-state index in [1.54, 1.807) is 0 Å². The van der Waals surface area contributed by atoms with Crippen LogP contribution in [0.25, 0.3) is 0 Å². The average molecular weight is 337 g/mol. The van der Waals surface area contributed by atoms with Gasteiger partial charge in [-0.05, 0) is 23.8 Å². The topological polar surface area (TPSA) is 70.8 Å². The lowest BCUT2D eigenvalue weighted by Crippen LogP contribution is -2.33. The Hall–Kier alpha value is -2.70. The number of carbonyl (C=O) groups is 2. The predicted molar refractivity (Wildman–Crippen MR) is 81.4 cm³/mol. The van der Waals surface area contributed by atoms with E-state index in [1.165, 1.54) is 23.3 Å².